The minimum absolute atomic E-state index is 0.0192. The first-order valence-corrected chi connectivity index (χ1v) is 8.96. The van der Waals surface area contributed by atoms with Crippen molar-refractivity contribution in [1.29, 1.82) is 0 Å². The van der Waals surface area contributed by atoms with Gasteiger partial charge in [-0.3, -0.25) is 4.79 Å². The molecule has 0 saturated carbocycles. The van der Waals surface area contributed by atoms with Crippen molar-refractivity contribution in [3.63, 3.8) is 0 Å². The van der Waals surface area contributed by atoms with E-state index in [4.69, 9.17) is 40.5 Å². The molecule has 2 atom stereocenters. The summed E-state index contributed by atoms with van der Waals surface area (Å²) < 4.78 is 0.711. The molecule has 2 aliphatic rings. The molecule has 1 aromatic rings. The zero-order valence-corrected chi connectivity index (χ0v) is 14.7. The van der Waals surface area contributed by atoms with Crippen LogP contribution in [-0.4, -0.2) is 31.8 Å². The smallest absolute Gasteiger partial charge is 0.247 e. The summed E-state index contributed by atoms with van der Waals surface area (Å²) in [6, 6.07) is 5.42. The average molecular weight is 380 g/mol. The van der Waals surface area contributed by atoms with Crippen LogP contribution in [-0.2, 0) is 17.8 Å². The van der Waals surface area contributed by atoms with Gasteiger partial charge in [0.1, 0.15) is 11.4 Å². The zero-order chi connectivity index (χ0) is 15.9. The molecule has 0 spiro atoms. The van der Waals surface area contributed by atoms with Crippen LogP contribution in [0.4, 0.5) is 0 Å². The molecule has 1 saturated heterocycles. The lowest BCUT2D eigenvalue weighted by atomic mass is 10.1. The first kappa shape index (κ1) is 16.4. The second-order valence-corrected chi connectivity index (χ2v) is 8.99. The molecular weight excluding hydrogens is 365 g/mol. The van der Waals surface area contributed by atoms with Crippen LogP contribution >= 0.6 is 46.6 Å². The van der Waals surface area contributed by atoms with Gasteiger partial charge in [-0.15, -0.1) is 11.8 Å². The summed E-state index contributed by atoms with van der Waals surface area (Å²) in [6.07, 6.45) is 4.19. The second kappa shape index (κ2) is 6.21. The van der Waals surface area contributed by atoms with Gasteiger partial charge in [-0.05, 0) is 0 Å². The molecule has 1 fully saturated rings. The molecule has 0 aliphatic carbocycles. The van der Waals surface area contributed by atoms with Crippen molar-refractivity contribution in [2.45, 2.75) is 28.2 Å². The molecule has 3 heterocycles. The Hall–Kier alpha value is -0.460. The Morgan fingerprint density at radius 1 is 1.41 bits per heavy atom. The third-order valence-corrected chi connectivity index (χ3v) is 5.47. The van der Waals surface area contributed by atoms with Gasteiger partial charge in [0, 0.05) is 29.7 Å². The number of aromatic nitrogens is 1. The monoisotopic (exact) mass is 378 g/mol. The number of hydrogen-bond acceptors (Lipinski definition) is 3. The van der Waals surface area contributed by atoms with E-state index in [1.165, 1.54) is 0 Å². The Labute approximate surface area is 148 Å². The first-order chi connectivity index (χ1) is 10.3. The van der Waals surface area contributed by atoms with Gasteiger partial charge in [0.15, 0.2) is 22.2 Å². The number of carbonyl (C=O) groups is 1. The van der Waals surface area contributed by atoms with Crippen LogP contribution < -0.4 is 10.3 Å². The molecule has 0 radical (unpaired) electrons. The SMILES string of the molecule is N[C@@H]1C(=O)N2C=C(C[n+]3ccccc3CC(Cl)(Cl)Cl)CS[C@@H]12. The van der Waals surface area contributed by atoms with Gasteiger partial charge in [-0.25, -0.2) is 0 Å². The first-order valence-electron chi connectivity index (χ1n) is 6.78. The van der Waals surface area contributed by atoms with Gasteiger partial charge in [0.2, 0.25) is 5.91 Å². The second-order valence-electron chi connectivity index (χ2n) is 5.37. The molecule has 2 aliphatic heterocycles. The van der Waals surface area contributed by atoms with Crippen molar-refractivity contribution < 1.29 is 9.36 Å². The molecule has 2 N–H and O–H groups in total. The van der Waals surface area contributed by atoms with Crippen LogP contribution in [0, 0.1) is 0 Å². The third kappa shape index (κ3) is 3.39. The number of halogens is 3. The topological polar surface area (TPSA) is 50.2 Å². The van der Waals surface area contributed by atoms with Gasteiger partial charge in [0.05, 0.1) is 6.42 Å². The summed E-state index contributed by atoms with van der Waals surface area (Å²) in [7, 11) is 0. The van der Waals surface area contributed by atoms with Gasteiger partial charge in [0.25, 0.3) is 0 Å². The van der Waals surface area contributed by atoms with Crippen molar-refractivity contribution in [3.05, 3.63) is 41.9 Å². The molecule has 0 unspecified atom stereocenters. The summed E-state index contributed by atoms with van der Waals surface area (Å²) in [6.45, 7) is 0.662. The molecule has 0 bridgehead atoms. The predicted molar refractivity (Wildman–Crippen MR) is 89.8 cm³/mol. The molecule has 22 heavy (non-hydrogen) atoms. The number of alkyl halides is 3. The van der Waals surface area contributed by atoms with E-state index in [0.29, 0.717) is 13.0 Å². The highest BCUT2D eigenvalue weighted by atomic mass is 35.6. The van der Waals surface area contributed by atoms with E-state index in [0.717, 1.165) is 17.0 Å². The maximum Gasteiger partial charge on any atom is 0.247 e. The van der Waals surface area contributed by atoms with Crippen molar-refractivity contribution >= 4 is 52.5 Å². The van der Waals surface area contributed by atoms with E-state index in [1.54, 1.807) is 16.7 Å². The molecule has 4 nitrogen and oxygen atoms in total. The summed E-state index contributed by atoms with van der Waals surface area (Å²) >= 11 is 19.4. The number of amides is 1. The van der Waals surface area contributed by atoms with E-state index in [-0.39, 0.29) is 17.3 Å². The molecule has 3 rings (SSSR count). The summed E-state index contributed by atoms with van der Waals surface area (Å²) in [4.78, 5) is 13.4. The number of pyridine rings is 1. The van der Waals surface area contributed by atoms with E-state index in [9.17, 15) is 4.79 Å². The van der Waals surface area contributed by atoms with Crippen LogP contribution in [0.1, 0.15) is 5.69 Å². The summed E-state index contributed by atoms with van der Waals surface area (Å²) in [5.74, 6) is 0.825. The number of carbonyl (C=O) groups excluding carboxylic acids is 1. The Morgan fingerprint density at radius 3 is 2.91 bits per heavy atom. The zero-order valence-electron chi connectivity index (χ0n) is 11.6. The van der Waals surface area contributed by atoms with Crippen LogP contribution in [0.15, 0.2) is 36.2 Å². The van der Waals surface area contributed by atoms with Crippen molar-refractivity contribution in [2.75, 3.05) is 5.75 Å². The number of nitrogens with zero attached hydrogens (tertiary/aromatic N) is 2. The largest absolute Gasteiger partial charge is 0.317 e. The van der Waals surface area contributed by atoms with Gasteiger partial charge in [-0.1, -0.05) is 40.9 Å². The maximum absolute atomic E-state index is 11.7. The lowest BCUT2D eigenvalue weighted by Gasteiger charge is -2.45. The fraction of sp³-hybridized carbons (Fsp3) is 0.429. The van der Waals surface area contributed by atoms with Crippen LogP contribution in [0.25, 0.3) is 0 Å². The standard InChI is InChI=1S/C14H15Cl3N3OS/c15-14(16,17)5-10-3-1-2-4-19(10)6-9-7-20-12(21)11(18)13(20)22-8-9/h1-4,7,11,13H,5-6,8,18H2/q+1/t11-,13+/m1/s1. The average Bonchev–Trinajstić information content (AvgIpc) is 2.47. The van der Waals surface area contributed by atoms with Gasteiger partial charge in [-0.2, -0.15) is 4.57 Å². The van der Waals surface area contributed by atoms with Crippen molar-refractivity contribution in [2.24, 2.45) is 5.73 Å². The normalized spacial score (nSPS) is 24.6. The predicted octanol–water partition coefficient (Wildman–Crippen LogP) is 2.01. The number of hydrogen-bond donors (Lipinski definition) is 1. The molecule has 1 aromatic heterocycles. The van der Waals surface area contributed by atoms with Crippen LogP contribution in [0.2, 0.25) is 0 Å². The minimum Gasteiger partial charge on any atom is -0.317 e. The molecule has 0 aromatic carbocycles. The number of fused-ring (bicyclic) bond motifs is 1. The Kier molecular flexibility index (Phi) is 4.63. The Balaban J connectivity index is 1.77. The highest BCUT2D eigenvalue weighted by molar-refractivity contribution is 8.00. The molecule has 1 amide bonds. The minimum atomic E-state index is -1.33. The summed E-state index contributed by atoms with van der Waals surface area (Å²) in [5.41, 5.74) is 7.85. The summed E-state index contributed by atoms with van der Waals surface area (Å²) in [5, 5.41) is 0.0812. The number of β-lactam (4-membered cyclic amide) rings is 1. The lowest BCUT2D eigenvalue weighted by Crippen LogP contribution is -2.66. The Bertz CT molecular complexity index is 632. The Morgan fingerprint density at radius 2 is 2.18 bits per heavy atom. The molecular formula is C14H15Cl3N3OS+. The van der Waals surface area contributed by atoms with Gasteiger partial charge < -0.3 is 10.6 Å². The maximum atomic E-state index is 11.7. The number of rotatable bonds is 3. The van der Waals surface area contributed by atoms with Crippen molar-refractivity contribution in [3.8, 4) is 0 Å². The fourth-order valence-electron chi connectivity index (χ4n) is 2.59. The fourth-order valence-corrected chi connectivity index (χ4v) is 4.21. The molecule has 8 heteroatoms. The van der Waals surface area contributed by atoms with E-state index < -0.39 is 3.79 Å². The highest BCUT2D eigenvalue weighted by Crippen LogP contribution is 2.35. The van der Waals surface area contributed by atoms with E-state index >= 15 is 0 Å². The van der Waals surface area contributed by atoms with E-state index in [2.05, 4.69) is 0 Å². The van der Waals surface area contributed by atoms with Crippen molar-refractivity contribution in [1.82, 2.24) is 4.90 Å². The van der Waals surface area contributed by atoms with Crippen LogP contribution in [0.3, 0.4) is 0 Å². The quantitative estimate of drug-likeness (QED) is 0.496. The number of nitrogens with two attached hydrogens (primary N) is 1. The molecule has 118 valence electrons. The number of thioether (sulfide) groups is 1. The lowest BCUT2D eigenvalue weighted by molar-refractivity contribution is -0.696. The van der Waals surface area contributed by atoms with E-state index in [1.807, 2.05) is 35.2 Å². The van der Waals surface area contributed by atoms with Crippen LogP contribution in [0.5, 0.6) is 0 Å². The third-order valence-electron chi connectivity index (χ3n) is 3.67. The van der Waals surface area contributed by atoms with Gasteiger partial charge >= 0.3 is 0 Å². The highest BCUT2D eigenvalue weighted by Gasteiger charge is 2.46.